The zero-order chi connectivity index (χ0) is 20.5. The van der Waals surface area contributed by atoms with Crippen molar-refractivity contribution < 1.29 is 18.9 Å². The van der Waals surface area contributed by atoms with Gasteiger partial charge in [-0.3, -0.25) is 0 Å². The molecular weight excluding hydrogens is 354 g/mol. The molecule has 0 bridgehead atoms. The van der Waals surface area contributed by atoms with E-state index in [1.54, 1.807) is 14.2 Å². The molecule has 5 nitrogen and oxygen atoms in total. The summed E-state index contributed by atoms with van der Waals surface area (Å²) in [6.07, 6.45) is 13.1. The first-order valence-electron chi connectivity index (χ1n) is 11.0. The van der Waals surface area contributed by atoms with Crippen molar-refractivity contribution >= 4 is 0 Å². The third-order valence-electron chi connectivity index (χ3n) is 4.81. The van der Waals surface area contributed by atoms with Crippen LogP contribution >= 0.6 is 0 Å². The smallest absolute Gasteiger partial charge is 0.213 e. The molecule has 0 saturated heterocycles. The van der Waals surface area contributed by atoms with E-state index in [1.165, 1.54) is 38.5 Å². The van der Waals surface area contributed by atoms with Crippen molar-refractivity contribution in [3.05, 3.63) is 17.3 Å². The van der Waals surface area contributed by atoms with Gasteiger partial charge in [-0.2, -0.15) is 0 Å². The molecule has 0 radical (unpaired) electrons. The van der Waals surface area contributed by atoms with E-state index in [-0.39, 0.29) is 0 Å². The largest absolute Gasteiger partial charge is 0.491 e. The molecule has 0 spiro atoms. The maximum Gasteiger partial charge on any atom is 0.213 e. The highest BCUT2D eigenvalue weighted by molar-refractivity contribution is 5.40. The lowest BCUT2D eigenvalue weighted by molar-refractivity contribution is -0.0315. The molecule has 0 aliphatic heterocycles. The van der Waals surface area contributed by atoms with Crippen LogP contribution < -0.4 is 9.47 Å². The van der Waals surface area contributed by atoms with E-state index in [4.69, 9.17) is 18.9 Å². The lowest BCUT2D eigenvalue weighted by Crippen LogP contribution is -2.05. The molecule has 5 heteroatoms. The summed E-state index contributed by atoms with van der Waals surface area (Å²) in [6, 6.07) is 1.96. The average molecular weight is 396 g/mol. The molecule has 0 N–H and O–H groups in total. The maximum absolute atomic E-state index is 6.03. The summed E-state index contributed by atoms with van der Waals surface area (Å²) in [5, 5.41) is 0. The topological polar surface area (TPSA) is 49.8 Å². The number of hydrogen-bond donors (Lipinski definition) is 0. The summed E-state index contributed by atoms with van der Waals surface area (Å²) < 4.78 is 21.5. The summed E-state index contributed by atoms with van der Waals surface area (Å²) in [7, 11) is 3.33. The van der Waals surface area contributed by atoms with Crippen LogP contribution in [0.25, 0.3) is 0 Å². The van der Waals surface area contributed by atoms with Crippen LogP contribution in [0, 0.1) is 6.92 Å². The second-order valence-electron chi connectivity index (χ2n) is 7.35. The zero-order valence-electron chi connectivity index (χ0n) is 18.6. The Hall–Kier alpha value is -1.33. The number of methoxy groups -OCH3 is 2. The van der Waals surface area contributed by atoms with Gasteiger partial charge in [0.05, 0.1) is 19.4 Å². The Morgan fingerprint density at radius 3 is 2.18 bits per heavy atom. The predicted molar refractivity (Wildman–Crippen MR) is 114 cm³/mol. The minimum atomic E-state index is 0.410. The molecule has 1 rings (SSSR count). The first-order chi connectivity index (χ1) is 13.7. The van der Waals surface area contributed by atoms with Crippen LogP contribution in [0.5, 0.6) is 11.6 Å². The number of pyridine rings is 1. The molecule has 1 heterocycles. The minimum absolute atomic E-state index is 0.410. The van der Waals surface area contributed by atoms with Crippen molar-refractivity contribution in [3.63, 3.8) is 0 Å². The molecule has 0 saturated carbocycles. The molecule has 0 amide bonds. The van der Waals surface area contributed by atoms with Gasteiger partial charge in [-0.25, -0.2) is 4.98 Å². The fraction of sp³-hybridized carbons (Fsp3) is 0.783. The van der Waals surface area contributed by atoms with Crippen LogP contribution in [0.2, 0.25) is 0 Å². The average Bonchev–Trinajstić information content (AvgIpc) is 2.70. The fourth-order valence-electron chi connectivity index (χ4n) is 3.18. The number of rotatable bonds is 18. The van der Waals surface area contributed by atoms with Crippen molar-refractivity contribution in [2.75, 3.05) is 34.2 Å². The molecule has 0 aromatic carbocycles. The normalized spacial score (nSPS) is 11.0. The number of nitrogens with zero attached hydrogens (tertiary/aromatic N) is 1. The third-order valence-corrected chi connectivity index (χ3v) is 4.81. The molecule has 0 aliphatic carbocycles. The number of hydrogen-bond acceptors (Lipinski definition) is 5. The molecule has 162 valence electrons. The lowest BCUT2D eigenvalue weighted by Gasteiger charge is -2.15. The summed E-state index contributed by atoms with van der Waals surface area (Å²) in [5.74, 6) is 1.65. The molecule has 28 heavy (non-hydrogen) atoms. The van der Waals surface area contributed by atoms with Crippen molar-refractivity contribution in [3.8, 4) is 11.6 Å². The van der Waals surface area contributed by atoms with Gasteiger partial charge in [-0.1, -0.05) is 51.9 Å². The fourth-order valence-corrected chi connectivity index (χ4v) is 3.18. The molecule has 1 aromatic heterocycles. The van der Waals surface area contributed by atoms with Gasteiger partial charge in [0, 0.05) is 19.8 Å². The second kappa shape index (κ2) is 16.6. The van der Waals surface area contributed by atoms with Crippen molar-refractivity contribution in [2.45, 2.75) is 84.5 Å². The number of aryl methyl sites for hydroxylation is 2. The van der Waals surface area contributed by atoms with Gasteiger partial charge in [0.2, 0.25) is 5.88 Å². The number of ether oxygens (including phenoxy) is 4. The van der Waals surface area contributed by atoms with Gasteiger partial charge in [0.25, 0.3) is 0 Å². The van der Waals surface area contributed by atoms with Crippen LogP contribution in [-0.2, 0) is 15.9 Å². The van der Waals surface area contributed by atoms with Crippen LogP contribution in [0.1, 0.15) is 82.4 Å². The van der Waals surface area contributed by atoms with Crippen molar-refractivity contribution in [1.29, 1.82) is 0 Å². The lowest BCUT2D eigenvalue weighted by atomic mass is 10.0. The van der Waals surface area contributed by atoms with E-state index in [1.807, 2.05) is 6.07 Å². The predicted octanol–water partition coefficient (Wildman–Crippen LogP) is 5.86. The molecule has 1 aromatic rings. The molecular formula is C23H41NO4. The van der Waals surface area contributed by atoms with Crippen molar-refractivity contribution in [1.82, 2.24) is 4.98 Å². The van der Waals surface area contributed by atoms with Gasteiger partial charge in [0.15, 0.2) is 0 Å². The summed E-state index contributed by atoms with van der Waals surface area (Å²) in [4.78, 5) is 4.65. The third kappa shape index (κ3) is 10.9. The highest BCUT2D eigenvalue weighted by atomic mass is 16.7. The van der Waals surface area contributed by atoms with E-state index < -0.39 is 0 Å². The molecule has 0 fully saturated rings. The standard InChI is InChI=1S/C23H41NO4/c1-5-6-17-28-23-20(2)18-22(26-4)24-21(23)15-13-11-9-7-8-10-12-14-16-27-19-25-3/h18H,5-17,19H2,1-4H3. The van der Waals surface area contributed by atoms with Crippen LogP contribution in [0.3, 0.4) is 0 Å². The SMILES string of the molecule is CCCCOc1c(C)cc(OC)nc1CCCCCCCCCCOCOC. The molecule has 0 unspecified atom stereocenters. The highest BCUT2D eigenvalue weighted by Crippen LogP contribution is 2.27. The Balaban J connectivity index is 2.23. The van der Waals surface area contributed by atoms with E-state index in [0.717, 1.165) is 62.3 Å². The number of aromatic nitrogens is 1. The Bertz CT molecular complexity index is 508. The number of unbranched alkanes of at least 4 members (excludes halogenated alkanes) is 8. The highest BCUT2D eigenvalue weighted by Gasteiger charge is 2.12. The van der Waals surface area contributed by atoms with Crippen LogP contribution in [-0.4, -0.2) is 39.2 Å². The molecule has 0 atom stereocenters. The van der Waals surface area contributed by atoms with Crippen molar-refractivity contribution in [2.24, 2.45) is 0 Å². The van der Waals surface area contributed by atoms with Gasteiger partial charge in [0.1, 0.15) is 12.5 Å². The van der Waals surface area contributed by atoms with Crippen LogP contribution in [0.4, 0.5) is 0 Å². The zero-order valence-corrected chi connectivity index (χ0v) is 18.6. The Kier molecular flexibility index (Phi) is 14.7. The second-order valence-corrected chi connectivity index (χ2v) is 7.35. The van der Waals surface area contributed by atoms with E-state index >= 15 is 0 Å². The van der Waals surface area contributed by atoms with E-state index in [2.05, 4.69) is 18.8 Å². The Morgan fingerprint density at radius 2 is 1.54 bits per heavy atom. The summed E-state index contributed by atoms with van der Waals surface area (Å²) in [6.45, 7) is 6.24. The van der Waals surface area contributed by atoms with Gasteiger partial charge in [-0.05, 0) is 38.2 Å². The van der Waals surface area contributed by atoms with E-state index in [9.17, 15) is 0 Å². The Labute approximate surface area is 172 Å². The van der Waals surface area contributed by atoms with Gasteiger partial charge < -0.3 is 18.9 Å². The first-order valence-corrected chi connectivity index (χ1v) is 11.0. The Morgan fingerprint density at radius 1 is 0.857 bits per heavy atom. The van der Waals surface area contributed by atoms with E-state index in [0.29, 0.717) is 12.7 Å². The first kappa shape index (κ1) is 24.7. The summed E-state index contributed by atoms with van der Waals surface area (Å²) >= 11 is 0. The van der Waals surface area contributed by atoms with Crippen LogP contribution in [0.15, 0.2) is 6.07 Å². The molecule has 0 aliphatic rings. The quantitative estimate of drug-likeness (QED) is 0.230. The minimum Gasteiger partial charge on any atom is -0.491 e. The summed E-state index contributed by atoms with van der Waals surface area (Å²) in [5.41, 5.74) is 2.16. The van der Waals surface area contributed by atoms with Gasteiger partial charge in [-0.15, -0.1) is 0 Å². The van der Waals surface area contributed by atoms with Gasteiger partial charge >= 0.3 is 0 Å². The maximum atomic E-state index is 6.03. The monoisotopic (exact) mass is 395 g/mol.